The Kier molecular flexibility index (Phi) is 4.33. The van der Waals surface area contributed by atoms with Crippen molar-refractivity contribution in [3.8, 4) is 0 Å². The first-order valence-corrected chi connectivity index (χ1v) is 6.07. The molecule has 0 saturated carbocycles. The molecule has 0 aliphatic carbocycles. The van der Waals surface area contributed by atoms with E-state index in [4.69, 9.17) is 5.73 Å². The minimum absolute atomic E-state index is 0.0161. The number of hydrogen-bond acceptors (Lipinski definition) is 2. The molecule has 1 amide bonds. The largest absolute Gasteiger partial charge is 0.398 e. The van der Waals surface area contributed by atoms with Crippen molar-refractivity contribution < 1.29 is 9.18 Å². The molecule has 0 aromatic heterocycles. The van der Waals surface area contributed by atoms with Gasteiger partial charge in [-0.3, -0.25) is 4.79 Å². The Bertz CT molecular complexity index is 441. The van der Waals surface area contributed by atoms with Gasteiger partial charge in [-0.25, -0.2) is 4.39 Å². The van der Waals surface area contributed by atoms with Crippen molar-refractivity contribution in [1.29, 1.82) is 0 Å². The van der Waals surface area contributed by atoms with E-state index in [0.717, 1.165) is 6.07 Å². The molecule has 18 heavy (non-hydrogen) atoms. The zero-order valence-electron chi connectivity index (χ0n) is 11.4. The summed E-state index contributed by atoms with van der Waals surface area (Å²) in [5.74, 6) is -0.360. The molecule has 0 aliphatic rings. The summed E-state index contributed by atoms with van der Waals surface area (Å²) < 4.78 is 13.1. The van der Waals surface area contributed by atoms with Gasteiger partial charge in [0.2, 0.25) is 0 Å². The van der Waals surface area contributed by atoms with Crippen LogP contribution in [-0.2, 0) is 0 Å². The summed E-state index contributed by atoms with van der Waals surface area (Å²) in [5.41, 5.74) is 6.12. The third-order valence-corrected chi connectivity index (χ3v) is 3.53. The van der Waals surface area contributed by atoms with Crippen LogP contribution in [0.15, 0.2) is 18.2 Å². The maximum atomic E-state index is 13.1. The molecule has 1 rings (SSSR count). The van der Waals surface area contributed by atoms with Gasteiger partial charge in [-0.2, -0.15) is 0 Å². The van der Waals surface area contributed by atoms with Crippen molar-refractivity contribution in [2.24, 2.45) is 11.3 Å². The standard InChI is InChI=1S/C14H21FN2O/c1-9(2)14(3,4)8-17-13(18)11-7-10(15)5-6-12(11)16/h5-7,9H,8,16H2,1-4H3,(H,17,18). The maximum absolute atomic E-state index is 13.1. The van der Waals surface area contributed by atoms with Crippen molar-refractivity contribution in [2.45, 2.75) is 27.7 Å². The maximum Gasteiger partial charge on any atom is 0.253 e. The Morgan fingerprint density at radius 2 is 2.06 bits per heavy atom. The molecule has 4 heteroatoms. The van der Waals surface area contributed by atoms with Crippen LogP contribution in [0.2, 0.25) is 0 Å². The van der Waals surface area contributed by atoms with Gasteiger partial charge < -0.3 is 11.1 Å². The fourth-order valence-electron chi connectivity index (χ4n) is 1.33. The van der Waals surface area contributed by atoms with E-state index in [1.54, 1.807) is 0 Å². The molecule has 100 valence electrons. The summed E-state index contributed by atoms with van der Waals surface area (Å²) in [5, 5.41) is 2.80. The Morgan fingerprint density at radius 3 is 2.61 bits per heavy atom. The zero-order valence-corrected chi connectivity index (χ0v) is 11.4. The van der Waals surface area contributed by atoms with E-state index in [9.17, 15) is 9.18 Å². The van der Waals surface area contributed by atoms with Gasteiger partial charge in [-0.15, -0.1) is 0 Å². The lowest BCUT2D eigenvalue weighted by atomic mass is 9.81. The molecular weight excluding hydrogens is 231 g/mol. The second-order valence-corrected chi connectivity index (χ2v) is 5.56. The number of benzene rings is 1. The lowest BCUT2D eigenvalue weighted by Crippen LogP contribution is -2.37. The second kappa shape index (κ2) is 5.38. The molecule has 3 nitrogen and oxygen atoms in total. The highest BCUT2D eigenvalue weighted by Gasteiger charge is 2.23. The average Bonchev–Trinajstić information content (AvgIpc) is 2.29. The number of carbonyl (C=O) groups excluding carboxylic acids is 1. The van der Waals surface area contributed by atoms with Crippen LogP contribution in [0.5, 0.6) is 0 Å². The summed E-state index contributed by atoms with van der Waals surface area (Å²) in [4.78, 5) is 11.9. The fraction of sp³-hybridized carbons (Fsp3) is 0.500. The molecule has 1 aromatic rings. The van der Waals surface area contributed by atoms with E-state index in [2.05, 4.69) is 33.0 Å². The molecule has 0 fully saturated rings. The molecule has 1 aromatic carbocycles. The van der Waals surface area contributed by atoms with Crippen molar-refractivity contribution in [1.82, 2.24) is 5.32 Å². The van der Waals surface area contributed by atoms with Crippen molar-refractivity contribution in [3.05, 3.63) is 29.6 Å². The van der Waals surface area contributed by atoms with Gasteiger partial charge in [0.05, 0.1) is 5.56 Å². The molecule has 0 atom stereocenters. The highest BCUT2D eigenvalue weighted by molar-refractivity contribution is 5.99. The Labute approximate surface area is 108 Å². The van der Waals surface area contributed by atoms with Crippen LogP contribution in [0.4, 0.5) is 10.1 Å². The van der Waals surface area contributed by atoms with Gasteiger partial charge >= 0.3 is 0 Å². The average molecular weight is 252 g/mol. The van der Waals surface area contributed by atoms with Gasteiger partial charge in [0.1, 0.15) is 5.82 Å². The summed E-state index contributed by atoms with van der Waals surface area (Å²) >= 11 is 0. The molecule has 0 spiro atoms. The Hall–Kier alpha value is -1.58. The number of amides is 1. The number of nitrogens with one attached hydrogen (secondary N) is 1. The SMILES string of the molecule is CC(C)C(C)(C)CNC(=O)c1cc(F)ccc1N. The number of nitrogen functional groups attached to an aromatic ring is 1. The lowest BCUT2D eigenvalue weighted by molar-refractivity contribution is 0.0925. The summed E-state index contributed by atoms with van der Waals surface area (Å²) in [7, 11) is 0. The minimum Gasteiger partial charge on any atom is -0.398 e. The van der Waals surface area contributed by atoms with E-state index in [1.165, 1.54) is 12.1 Å². The smallest absolute Gasteiger partial charge is 0.253 e. The third kappa shape index (κ3) is 3.45. The van der Waals surface area contributed by atoms with E-state index in [-0.39, 0.29) is 22.6 Å². The number of hydrogen-bond donors (Lipinski definition) is 2. The van der Waals surface area contributed by atoms with Crippen LogP contribution >= 0.6 is 0 Å². The summed E-state index contributed by atoms with van der Waals surface area (Å²) in [6, 6.07) is 3.80. The second-order valence-electron chi connectivity index (χ2n) is 5.56. The Balaban J connectivity index is 2.75. The number of nitrogens with two attached hydrogens (primary N) is 1. The number of carbonyl (C=O) groups is 1. The highest BCUT2D eigenvalue weighted by Crippen LogP contribution is 2.25. The lowest BCUT2D eigenvalue weighted by Gasteiger charge is -2.29. The summed E-state index contributed by atoms with van der Waals surface area (Å²) in [6.07, 6.45) is 0. The molecule has 0 bridgehead atoms. The van der Waals surface area contributed by atoms with Gasteiger partial charge in [-0.1, -0.05) is 27.7 Å². The van der Waals surface area contributed by atoms with Crippen molar-refractivity contribution in [2.75, 3.05) is 12.3 Å². The predicted molar refractivity (Wildman–Crippen MR) is 71.8 cm³/mol. The first-order valence-electron chi connectivity index (χ1n) is 6.07. The first-order chi connectivity index (χ1) is 8.24. The van der Waals surface area contributed by atoms with Crippen LogP contribution in [0.1, 0.15) is 38.1 Å². The van der Waals surface area contributed by atoms with E-state index >= 15 is 0 Å². The molecular formula is C14H21FN2O. The van der Waals surface area contributed by atoms with Crippen molar-refractivity contribution in [3.63, 3.8) is 0 Å². The molecule has 3 N–H and O–H groups in total. The van der Waals surface area contributed by atoms with Crippen LogP contribution < -0.4 is 11.1 Å². The summed E-state index contributed by atoms with van der Waals surface area (Å²) in [6.45, 7) is 8.88. The number of anilines is 1. The van der Waals surface area contributed by atoms with Crippen LogP contribution in [0.3, 0.4) is 0 Å². The number of rotatable bonds is 4. The first kappa shape index (κ1) is 14.5. The Morgan fingerprint density at radius 1 is 1.44 bits per heavy atom. The van der Waals surface area contributed by atoms with E-state index < -0.39 is 5.82 Å². The molecule has 0 aliphatic heterocycles. The van der Waals surface area contributed by atoms with Gasteiger partial charge in [0, 0.05) is 12.2 Å². The van der Waals surface area contributed by atoms with Gasteiger partial charge in [0.15, 0.2) is 0 Å². The molecule has 0 saturated heterocycles. The monoisotopic (exact) mass is 252 g/mol. The minimum atomic E-state index is -0.461. The fourth-order valence-corrected chi connectivity index (χ4v) is 1.33. The molecule has 0 radical (unpaired) electrons. The molecule has 0 heterocycles. The van der Waals surface area contributed by atoms with Crippen molar-refractivity contribution >= 4 is 11.6 Å². The van der Waals surface area contributed by atoms with E-state index in [1.807, 2.05) is 0 Å². The van der Waals surface area contributed by atoms with Gasteiger partial charge in [0.25, 0.3) is 5.91 Å². The predicted octanol–water partition coefficient (Wildman–Crippen LogP) is 2.82. The zero-order chi connectivity index (χ0) is 13.9. The number of halogens is 1. The highest BCUT2D eigenvalue weighted by atomic mass is 19.1. The van der Waals surface area contributed by atoms with Crippen LogP contribution in [0, 0.1) is 17.2 Å². The molecule has 0 unspecified atom stereocenters. The van der Waals surface area contributed by atoms with E-state index in [0.29, 0.717) is 12.5 Å². The van der Waals surface area contributed by atoms with Crippen LogP contribution in [-0.4, -0.2) is 12.5 Å². The quantitative estimate of drug-likeness (QED) is 0.810. The van der Waals surface area contributed by atoms with Crippen LogP contribution in [0.25, 0.3) is 0 Å². The third-order valence-electron chi connectivity index (χ3n) is 3.53. The van der Waals surface area contributed by atoms with Gasteiger partial charge in [-0.05, 0) is 29.5 Å². The topological polar surface area (TPSA) is 55.1 Å². The normalized spacial score (nSPS) is 11.7.